The molecule has 0 aliphatic rings. The topological polar surface area (TPSA) is 82.2 Å². The number of imidazole rings is 1. The van der Waals surface area contributed by atoms with Crippen molar-refractivity contribution in [3.63, 3.8) is 0 Å². The van der Waals surface area contributed by atoms with Crippen LogP contribution in [0.15, 0.2) is 12.4 Å². The molecule has 0 fully saturated rings. The Bertz CT molecular complexity index is 365. The summed E-state index contributed by atoms with van der Waals surface area (Å²) in [5.74, 6) is -0.169. The molecular formula is C12H22N4O2. The number of amides is 1. The molecule has 0 saturated heterocycles. The lowest BCUT2D eigenvalue weighted by Gasteiger charge is -2.15. The second kappa shape index (κ2) is 7.84. The quantitative estimate of drug-likeness (QED) is 0.624. The number of ether oxygens (including phenoxy) is 1. The largest absolute Gasteiger partial charge is 0.383 e. The van der Waals surface area contributed by atoms with Crippen LogP contribution in [0.5, 0.6) is 0 Å². The number of aromatic nitrogens is 2. The molecule has 1 amide bonds. The van der Waals surface area contributed by atoms with Gasteiger partial charge in [0.15, 0.2) is 5.82 Å². The molecule has 0 aliphatic heterocycles. The van der Waals surface area contributed by atoms with E-state index in [0.717, 1.165) is 25.9 Å². The molecule has 1 atom stereocenters. The molecule has 1 aromatic heterocycles. The number of methoxy groups -OCH3 is 1. The van der Waals surface area contributed by atoms with E-state index in [1.165, 1.54) is 0 Å². The van der Waals surface area contributed by atoms with Gasteiger partial charge in [0.2, 0.25) is 0 Å². The lowest BCUT2D eigenvalue weighted by molar-refractivity contribution is 0.0986. The number of nitrogens with one attached hydrogen (secondary N) is 1. The second-order valence-corrected chi connectivity index (χ2v) is 4.18. The molecule has 18 heavy (non-hydrogen) atoms. The van der Waals surface area contributed by atoms with Crippen LogP contribution in [-0.2, 0) is 11.3 Å². The van der Waals surface area contributed by atoms with Gasteiger partial charge in [-0.2, -0.15) is 0 Å². The lowest BCUT2D eigenvalue weighted by Crippen LogP contribution is -2.33. The number of carbonyl (C=O) groups excluding carboxylic acids is 1. The van der Waals surface area contributed by atoms with Crippen LogP contribution in [0.1, 0.15) is 30.4 Å². The summed E-state index contributed by atoms with van der Waals surface area (Å²) in [4.78, 5) is 15.0. The zero-order valence-electron chi connectivity index (χ0n) is 11.1. The van der Waals surface area contributed by atoms with Crippen molar-refractivity contribution in [1.82, 2.24) is 14.9 Å². The fourth-order valence-corrected chi connectivity index (χ4v) is 1.79. The van der Waals surface area contributed by atoms with Crippen molar-refractivity contribution >= 4 is 5.91 Å². The van der Waals surface area contributed by atoms with E-state index in [4.69, 9.17) is 10.5 Å². The van der Waals surface area contributed by atoms with Crippen LogP contribution < -0.4 is 11.1 Å². The summed E-state index contributed by atoms with van der Waals surface area (Å²) in [6.45, 7) is 4.44. The summed E-state index contributed by atoms with van der Waals surface area (Å²) in [5.41, 5.74) is 5.22. The number of primary amides is 1. The summed E-state index contributed by atoms with van der Waals surface area (Å²) in [5, 5.41) is 3.41. The zero-order chi connectivity index (χ0) is 13.4. The summed E-state index contributed by atoms with van der Waals surface area (Å²) >= 11 is 0. The van der Waals surface area contributed by atoms with E-state index < -0.39 is 5.91 Å². The maximum absolute atomic E-state index is 11.1. The van der Waals surface area contributed by atoms with Crippen LogP contribution in [0.3, 0.4) is 0 Å². The standard InChI is InChI=1S/C12H22N4O2/c1-3-10(9-18-2)14-5-4-7-16-8-6-15-12(16)11(13)17/h6,8,10,14H,3-5,7,9H2,1-2H3,(H2,13,17). The minimum absolute atomic E-state index is 0.318. The van der Waals surface area contributed by atoms with E-state index >= 15 is 0 Å². The maximum atomic E-state index is 11.1. The Morgan fingerprint density at radius 2 is 2.44 bits per heavy atom. The minimum atomic E-state index is -0.487. The normalized spacial score (nSPS) is 12.6. The van der Waals surface area contributed by atoms with Gasteiger partial charge in [0.25, 0.3) is 5.91 Å². The molecule has 6 nitrogen and oxygen atoms in total. The highest BCUT2D eigenvalue weighted by Crippen LogP contribution is 1.99. The van der Waals surface area contributed by atoms with Crippen molar-refractivity contribution in [3.05, 3.63) is 18.2 Å². The van der Waals surface area contributed by atoms with Gasteiger partial charge >= 0.3 is 0 Å². The second-order valence-electron chi connectivity index (χ2n) is 4.18. The van der Waals surface area contributed by atoms with E-state index in [2.05, 4.69) is 17.2 Å². The van der Waals surface area contributed by atoms with E-state index in [9.17, 15) is 4.79 Å². The molecule has 0 saturated carbocycles. The van der Waals surface area contributed by atoms with E-state index in [-0.39, 0.29) is 0 Å². The fourth-order valence-electron chi connectivity index (χ4n) is 1.79. The molecule has 0 bridgehead atoms. The first-order valence-electron chi connectivity index (χ1n) is 6.22. The predicted molar refractivity (Wildman–Crippen MR) is 69.3 cm³/mol. The van der Waals surface area contributed by atoms with Gasteiger partial charge in [0.1, 0.15) is 0 Å². The monoisotopic (exact) mass is 254 g/mol. The van der Waals surface area contributed by atoms with Gasteiger partial charge in [-0.05, 0) is 19.4 Å². The number of nitrogens with zero attached hydrogens (tertiary/aromatic N) is 2. The Hall–Kier alpha value is -1.40. The van der Waals surface area contributed by atoms with E-state index in [1.807, 2.05) is 0 Å². The number of carbonyl (C=O) groups is 1. The van der Waals surface area contributed by atoms with Gasteiger partial charge in [0, 0.05) is 32.1 Å². The number of hydrogen-bond donors (Lipinski definition) is 2. The Labute approximate surface area is 108 Å². The van der Waals surface area contributed by atoms with Crippen molar-refractivity contribution in [2.24, 2.45) is 5.73 Å². The molecule has 0 spiro atoms. The van der Waals surface area contributed by atoms with Gasteiger partial charge in [-0.1, -0.05) is 6.92 Å². The Balaban J connectivity index is 2.29. The first-order valence-corrected chi connectivity index (χ1v) is 6.22. The van der Waals surface area contributed by atoms with Crippen molar-refractivity contribution in [3.8, 4) is 0 Å². The molecule has 0 aliphatic carbocycles. The fraction of sp³-hybridized carbons (Fsp3) is 0.667. The van der Waals surface area contributed by atoms with Crippen molar-refractivity contribution in [2.75, 3.05) is 20.3 Å². The van der Waals surface area contributed by atoms with E-state index in [0.29, 0.717) is 18.5 Å². The Kier molecular flexibility index (Phi) is 6.38. The Morgan fingerprint density at radius 3 is 3.06 bits per heavy atom. The van der Waals surface area contributed by atoms with Gasteiger partial charge in [0.05, 0.1) is 6.61 Å². The minimum Gasteiger partial charge on any atom is -0.383 e. The SMILES string of the molecule is CCC(COC)NCCCn1ccnc1C(N)=O. The highest BCUT2D eigenvalue weighted by Gasteiger charge is 2.08. The number of hydrogen-bond acceptors (Lipinski definition) is 4. The third kappa shape index (κ3) is 4.46. The molecule has 3 N–H and O–H groups in total. The number of nitrogens with two attached hydrogens (primary N) is 1. The number of aryl methyl sites for hydroxylation is 1. The molecule has 1 unspecified atom stereocenters. The molecule has 1 aromatic rings. The summed E-state index contributed by atoms with van der Waals surface area (Å²) in [7, 11) is 1.70. The van der Waals surface area contributed by atoms with Gasteiger partial charge < -0.3 is 20.4 Å². The molecule has 1 rings (SSSR count). The Morgan fingerprint density at radius 1 is 1.67 bits per heavy atom. The van der Waals surface area contributed by atoms with Gasteiger partial charge in [-0.25, -0.2) is 4.98 Å². The van der Waals surface area contributed by atoms with Crippen LogP contribution in [0, 0.1) is 0 Å². The molecule has 102 valence electrons. The van der Waals surface area contributed by atoms with Crippen LogP contribution in [0.4, 0.5) is 0 Å². The summed E-state index contributed by atoms with van der Waals surface area (Å²) < 4.78 is 6.89. The number of rotatable bonds is 9. The van der Waals surface area contributed by atoms with Crippen LogP contribution in [-0.4, -0.2) is 41.8 Å². The highest BCUT2D eigenvalue weighted by molar-refractivity contribution is 5.89. The first kappa shape index (κ1) is 14.7. The average Bonchev–Trinajstić information content (AvgIpc) is 2.81. The summed E-state index contributed by atoms with van der Waals surface area (Å²) in [6.07, 6.45) is 5.31. The molecule has 6 heteroatoms. The smallest absolute Gasteiger partial charge is 0.284 e. The van der Waals surface area contributed by atoms with Crippen molar-refractivity contribution in [1.29, 1.82) is 0 Å². The molecule has 0 radical (unpaired) electrons. The predicted octanol–water partition coefficient (Wildman–Crippen LogP) is 0.387. The lowest BCUT2D eigenvalue weighted by atomic mass is 10.2. The van der Waals surface area contributed by atoms with Crippen LogP contribution in [0.25, 0.3) is 0 Å². The maximum Gasteiger partial charge on any atom is 0.284 e. The third-order valence-electron chi connectivity index (χ3n) is 2.81. The van der Waals surface area contributed by atoms with Gasteiger partial charge in [-0.15, -0.1) is 0 Å². The van der Waals surface area contributed by atoms with Crippen molar-refractivity contribution < 1.29 is 9.53 Å². The third-order valence-corrected chi connectivity index (χ3v) is 2.81. The molecule has 0 aromatic carbocycles. The summed E-state index contributed by atoms with van der Waals surface area (Å²) in [6, 6.07) is 0.383. The average molecular weight is 254 g/mol. The zero-order valence-corrected chi connectivity index (χ0v) is 11.1. The first-order chi connectivity index (χ1) is 8.69. The van der Waals surface area contributed by atoms with Crippen LogP contribution in [0.2, 0.25) is 0 Å². The molecule has 1 heterocycles. The van der Waals surface area contributed by atoms with Crippen molar-refractivity contribution in [2.45, 2.75) is 32.4 Å². The van der Waals surface area contributed by atoms with Crippen LogP contribution >= 0.6 is 0 Å². The molecular weight excluding hydrogens is 232 g/mol. The van der Waals surface area contributed by atoms with Gasteiger partial charge in [-0.3, -0.25) is 4.79 Å². The highest BCUT2D eigenvalue weighted by atomic mass is 16.5. The van der Waals surface area contributed by atoms with E-state index in [1.54, 1.807) is 24.1 Å².